The summed E-state index contributed by atoms with van der Waals surface area (Å²) in [6.45, 7) is 4.04. The fourth-order valence-corrected chi connectivity index (χ4v) is 1.46. The first kappa shape index (κ1) is 8.94. The Morgan fingerprint density at radius 2 is 2.29 bits per heavy atom. The topological polar surface area (TPSA) is 29.7 Å². The first-order chi connectivity index (χ1) is 6.72. The van der Waals surface area contributed by atoms with E-state index in [-0.39, 0.29) is 0 Å². The summed E-state index contributed by atoms with van der Waals surface area (Å²) in [4.78, 5) is 8.46. The molecule has 0 radical (unpaired) electrons. The van der Waals surface area contributed by atoms with Crippen molar-refractivity contribution in [2.45, 2.75) is 13.8 Å². The Balaban J connectivity index is 2.63. The molecule has 3 nitrogen and oxygen atoms in total. The van der Waals surface area contributed by atoms with Crippen molar-refractivity contribution in [3.63, 3.8) is 0 Å². The monoisotopic (exact) mass is 187 g/mol. The molecule has 0 atom stereocenters. The molecular formula is C11H13N3. The lowest BCUT2D eigenvalue weighted by molar-refractivity contribution is 1.11. The number of fused-ring (bicyclic) bond motifs is 1. The highest BCUT2D eigenvalue weighted by Gasteiger charge is 2.01. The Kier molecular flexibility index (Phi) is 2.08. The molecule has 2 aromatic heterocycles. The molecule has 0 amide bonds. The Bertz CT molecular complexity index is 494. The predicted molar refractivity (Wildman–Crippen MR) is 58.1 cm³/mol. The zero-order valence-corrected chi connectivity index (χ0v) is 8.65. The van der Waals surface area contributed by atoms with Crippen LogP contribution < -0.4 is 0 Å². The van der Waals surface area contributed by atoms with Crippen molar-refractivity contribution in [2.75, 3.05) is 7.05 Å². The maximum absolute atomic E-state index is 4.30. The molecule has 2 aromatic rings. The van der Waals surface area contributed by atoms with Gasteiger partial charge in [-0.3, -0.25) is 4.99 Å². The van der Waals surface area contributed by atoms with Gasteiger partial charge >= 0.3 is 0 Å². The van der Waals surface area contributed by atoms with Crippen LogP contribution in [0.5, 0.6) is 0 Å². The molecule has 0 aliphatic rings. The van der Waals surface area contributed by atoms with Gasteiger partial charge in [-0.15, -0.1) is 0 Å². The molecule has 2 rings (SSSR count). The van der Waals surface area contributed by atoms with Crippen LogP contribution in [0.4, 0.5) is 0 Å². The average molecular weight is 187 g/mol. The quantitative estimate of drug-likeness (QED) is 0.628. The maximum atomic E-state index is 4.30. The summed E-state index contributed by atoms with van der Waals surface area (Å²) in [6.07, 6.45) is 3.90. The summed E-state index contributed by atoms with van der Waals surface area (Å²) in [6, 6.07) is 4.11. The Labute approximate surface area is 83.1 Å². The zero-order valence-electron chi connectivity index (χ0n) is 8.65. The van der Waals surface area contributed by atoms with Gasteiger partial charge in [-0.1, -0.05) is 0 Å². The minimum Gasteiger partial charge on any atom is -0.304 e. The number of nitrogens with zero attached hydrogens (tertiary/aromatic N) is 3. The molecule has 0 N–H and O–H groups in total. The predicted octanol–water partition coefficient (Wildman–Crippen LogP) is 2.08. The summed E-state index contributed by atoms with van der Waals surface area (Å²) in [5.74, 6) is 0. The third kappa shape index (κ3) is 1.31. The van der Waals surface area contributed by atoms with Crippen molar-refractivity contribution in [3.05, 3.63) is 35.8 Å². The normalized spacial score (nSPS) is 12.4. The maximum Gasteiger partial charge on any atom is 0.137 e. The molecule has 72 valence electrons. The summed E-state index contributed by atoms with van der Waals surface area (Å²) >= 11 is 0. The second kappa shape index (κ2) is 3.25. The molecule has 0 aromatic carbocycles. The number of rotatable bonds is 1. The molecule has 2 heterocycles. The molecule has 0 fully saturated rings. The van der Waals surface area contributed by atoms with Crippen molar-refractivity contribution < 1.29 is 0 Å². The molecule has 0 unspecified atom stereocenters. The number of hydrogen-bond donors (Lipinski definition) is 0. The number of hydrogen-bond acceptors (Lipinski definition) is 2. The smallest absolute Gasteiger partial charge is 0.137 e. The fraction of sp³-hybridized carbons (Fsp3) is 0.273. The summed E-state index contributed by atoms with van der Waals surface area (Å²) in [5, 5.41) is 0. The van der Waals surface area contributed by atoms with Gasteiger partial charge in [-0.2, -0.15) is 0 Å². The van der Waals surface area contributed by atoms with E-state index in [1.54, 1.807) is 7.05 Å². The van der Waals surface area contributed by atoms with Gasteiger partial charge in [0, 0.05) is 36.4 Å². The first-order valence-electron chi connectivity index (χ1n) is 4.60. The lowest BCUT2D eigenvalue weighted by Gasteiger charge is -2.01. The van der Waals surface area contributed by atoms with Crippen LogP contribution in [0.2, 0.25) is 0 Å². The molecule has 0 saturated carbocycles. The highest BCUT2D eigenvalue weighted by atomic mass is 15.0. The SMILES string of the molecule is C/N=C(\C)c1ccn2c(C)cnc2c1. The van der Waals surface area contributed by atoms with E-state index < -0.39 is 0 Å². The summed E-state index contributed by atoms with van der Waals surface area (Å²) in [5.41, 5.74) is 4.29. The van der Waals surface area contributed by atoms with Crippen LogP contribution >= 0.6 is 0 Å². The third-order valence-corrected chi connectivity index (χ3v) is 2.45. The van der Waals surface area contributed by atoms with Crippen LogP contribution in [0.15, 0.2) is 29.5 Å². The Morgan fingerprint density at radius 3 is 3.00 bits per heavy atom. The largest absolute Gasteiger partial charge is 0.304 e. The van der Waals surface area contributed by atoms with Crippen LogP contribution in [0, 0.1) is 6.92 Å². The van der Waals surface area contributed by atoms with E-state index in [2.05, 4.69) is 26.5 Å². The molecule has 0 aliphatic heterocycles. The van der Waals surface area contributed by atoms with Gasteiger partial charge in [-0.25, -0.2) is 4.98 Å². The van der Waals surface area contributed by atoms with Gasteiger partial charge in [-0.05, 0) is 26.0 Å². The van der Waals surface area contributed by atoms with E-state index in [1.165, 1.54) is 0 Å². The molecule has 0 saturated heterocycles. The van der Waals surface area contributed by atoms with Crippen molar-refractivity contribution in [1.29, 1.82) is 0 Å². The van der Waals surface area contributed by atoms with Gasteiger partial charge in [0.2, 0.25) is 0 Å². The summed E-state index contributed by atoms with van der Waals surface area (Å²) < 4.78 is 2.06. The van der Waals surface area contributed by atoms with E-state index >= 15 is 0 Å². The molecule has 14 heavy (non-hydrogen) atoms. The number of imidazole rings is 1. The molecule has 3 heteroatoms. The van der Waals surface area contributed by atoms with Crippen molar-refractivity contribution >= 4 is 11.4 Å². The second-order valence-electron chi connectivity index (χ2n) is 3.35. The van der Waals surface area contributed by atoms with E-state index in [9.17, 15) is 0 Å². The van der Waals surface area contributed by atoms with E-state index in [0.717, 1.165) is 22.6 Å². The highest BCUT2D eigenvalue weighted by molar-refractivity contribution is 5.99. The van der Waals surface area contributed by atoms with Gasteiger partial charge in [0.15, 0.2) is 0 Å². The van der Waals surface area contributed by atoms with Gasteiger partial charge in [0.1, 0.15) is 5.65 Å². The fourth-order valence-electron chi connectivity index (χ4n) is 1.46. The van der Waals surface area contributed by atoms with E-state index in [4.69, 9.17) is 0 Å². The minimum atomic E-state index is 0.975. The molecule has 0 bridgehead atoms. The standard InChI is InChI=1S/C11H13N3/c1-8-7-13-11-6-10(9(2)12-3)4-5-14(8)11/h4-7H,1-3H3/b12-9+. The van der Waals surface area contributed by atoms with Gasteiger partial charge in [0.05, 0.1) is 0 Å². The van der Waals surface area contributed by atoms with Crippen molar-refractivity contribution in [1.82, 2.24) is 9.38 Å². The third-order valence-electron chi connectivity index (χ3n) is 2.45. The van der Waals surface area contributed by atoms with Crippen molar-refractivity contribution in [3.8, 4) is 0 Å². The molecule has 0 aliphatic carbocycles. The highest BCUT2D eigenvalue weighted by Crippen LogP contribution is 2.09. The average Bonchev–Trinajstić information content (AvgIpc) is 2.59. The number of aryl methyl sites for hydroxylation is 1. The van der Waals surface area contributed by atoms with Crippen LogP contribution in [0.3, 0.4) is 0 Å². The Hall–Kier alpha value is -1.64. The van der Waals surface area contributed by atoms with Gasteiger partial charge < -0.3 is 4.40 Å². The minimum absolute atomic E-state index is 0.975. The van der Waals surface area contributed by atoms with Gasteiger partial charge in [0.25, 0.3) is 0 Å². The Morgan fingerprint density at radius 1 is 1.50 bits per heavy atom. The lowest BCUT2D eigenvalue weighted by Crippen LogP contribution is -1.96. The van der Waals surface area contributed by atoms with E-state index in [1.807, 2.05) is 26.2 Å². The molecular weight excluding hydrogens is 174 g/mol. The van der Waals surface area contributed by atoms with E-state index in [0.29, 0.717) is 0 Å². The van der Waals surface area contributed by atoms with Crippen LogP contribution in [0.1, 0.15) is 18.2 Å². The second-order valence-corrected chi connectivity index (χ2v) is 3.35. The molecule has 0 spiro atoms. The van der Waals surface area contributed by atoms with Crippen LogP contribution in [-0.4, -0.2) is 22.1 Å². The van der Waals surface area contributed by atoms with Crippen LogP contribution in [0.25, 0.3) is 5.65 Å². The zero-order chi connectivity index (χ0) is 10.1. The summed E-state index contributed by atoms with van der Waals surface area (Å²) in [7, 11) is 1.80. The first-order valence-corrected chi connectivity index (χ1v) is 4.60. The van der Waals surface area contributed by atoms with Crippen molar-refractivity contribution in [2.24, 2.45) is 4.99 Å². The lowest BCUT2D eigenvalue weighted by atomic mass is 10.2. The van der Waals surface area contributed by atoms with Crippen LogP contribution in [-0.2, 0) is 0 Å². The number of aromatic nitrogens is 2. The number of aliphatic imine (C=N–C) groups is 1. The number of pyridine rings is 1.